The molecule has 1 heterocycles. The fourth-order valence-electron chi connectivity index (χ4n) is 1.93. The van der Waals surface area contributed by atoms with Crippen LogP contribution in [0, 0.1) is 5.92 Å². The molecule has 0 aliphatic heterocycles. The number of aromatic amines is 1. The van der Waals surface area contributed by atoms with Gasteiger partial charge >= 0.3 is 0 Å². The van der Waals surface area contributed by atoms with Gasteiger partial charge in [0.1, 0.15) is 0 Å². The summed E-state index contributed by atoms with van der Waals surface area (Å²) in [7, 11) is -3.49. The zero-order chi connectivity index (χ0) is 12.3. The number of hydrogen-bond donors (Lipinski definition) is 3. The van der Waals surface area contributed by atoms with E-state index < -0.39 is 10.0 Å². The molecule has 2 rings (SSSR count). The molecular weight excluding hydrogens is 240 g/mol. The molecular formula is C10H18N4O2S. The van der Waals surface area contributed by atoms with Gasteiger partial charge in [-0.25, -0.2) is 13.1 Å². The van der Waals surface area contributed by atoms with Crippen LogP contribution in [0.4, 0.5) is 0 Å². The van der Waals surface area contributed by atoms with Crippen LogP contribution in [0.5, 0.6) is 0 Å². The SMILES string of the molecule is NCc1cn[nH]c1S(=O)(=O)NCCC1CCC1. The second kappa shape index (κ2) is 5.16. The summed E-state index contributed by atoms with van der Waals surface area (Å²) >= 11 is 0. The summed E-state index contributed by atoms with van der Waals surface area (Å²) < 4.78 is 26.4. The highest BCUT2D eigenvalue weighted by molar-refractivity contribution is 7.89. The lowest BCUT2D eigenvalue weighted by atomic mass is 9.83. The van der Waals surface area contributed by atoms with E-state index in [0.717, 1.165) is 6.42 Å². The Kier molecular flexibility index (Phi) is 3.80. The van der Waals surface area contributed by atoms with Crippen LogP contribution in [0.15, 0.2) is 11.2 Å². The molecule has 1 aromatic heterocycles. The Morgan fingerprint density at radius 3 is 2.88 bits per heavy atom. The second-order valence-electron chi connectivity index (χ2n) is 4.41. The van der Waals surface area contributed by atoms with Crippen molar-refractivity contribution in [2.45, 2.75) is 37.3 Å². The van der Waals surface area contributed by atoms with Crippen LogP contribution in [0.1, 0.15) is 31.2 Å². The topological polar surface area (TPSA) is 101 Å². The minimum atomic E-state index is -3.49. The Balaban J connectivity index is 1.93. The largest absolute Gasteiger partial charge is 0.326 e. The zero-order valence-corrected chi connectivity index (χ0v) is 10.5. The third-order valence-electron chi connectivity index (χ3n) is 3.24. The number of nitrogens with one attached hydrogen (secondary N) is 2. The second-order valence-corrected chi connectivity index (χ2v) is 6.12. The van der Waals surface area contributed by atoms with E-state index in [1.54, 1.807) is 0 Å². The summed E-state index contributed by atoms with van der Waals surface area (Å²) in [4.78, 5) is 0. The lowest BCUT2D eigenvalue weighted by molar-refractivity contribution is 0.297. The molecule has 0 unspecified atom stereocenters. The standard InChI is InChI=1S/C10H18N4O2S/c11-6-9-7-12-14-10(9)17(15,16)13-5-4-8-2-1-3-8/h7-8,13H,1-6,11H2,(H,12,14). The molecule has 0 bridgehead atoms. The van der Waals surface area contributed by atoms with E-state index >= 15 is 0 Å². The number of nitrogens with two attached hydrogens (primary N) is 1. The van der Waals surface area contributed by atoms with E-state index in [2.05, 4.69) is 14.9 Å². The van der Waals surface area contributed by atoms with Gasteiger partial charge in [-0.05, 0) is 12.3 Å². The van der Waals surface area contributed by atoms with Crippen molar-refractivity contribution in [3.63, 3.8) is 0 Å². The van der Waals surface area contributed by atoms with Crippen molar-refractivity contribution in [1.82, 2.24) is 14.9 Å². The van der Waals surface area contributed by atoms with Crippen molar-refractivity contribution < 1.29 is 8.42 Å². The first-order chi connectivity index (χ1) is 8.13. The minimum absolute atomic E-state index is 0.0913. The highest BCUT2D eigenvalue weighted by Gasteiger charge is 2.21. The van der Waals surface area contributed by atoms with E-state index in [4.69, 9.17) is 5.73 Å². The average Bonchev–Trinajstić information content (AvgIpc) is 2.70. The lowest BCUT2D eigenvalue weighted by Crippen LogP contribution is -2.28. The molecule has 6 nitrogen and oxygen atoms in total. The van der Waals surface area contributed by atoms with E-state index in [9.17, 15) is 8.42 Å². The molecule has 0 atom stereocenters. The van der Waals surface area contributed by atoms with Crippen LogP contribution in [0.2, 0.25) is 0 Å². The van der Waals surface area contributed by atoms with Crippen molar-refractivity contribution in [2.75, 3.05) is 6.54 Å². The smallest absolute Gasteiger partial charge is 0.257 e. The fraction of sp³-hybridized carbons (Fsp3) is 0.700. The first-order valence-corrected chi connectivity index (χ1v) is 7.34. The summed E-state index contributed by atoms with van der Waals surface area (Å²) in [5.41, 5.74) is 5.96. The Hall–Kier alpha value is -0.920. The van der Waals surface area contributed by atoms with Crippen LogP contribution >= 0.6 is 0 Å². The Bertz CT molecular complexity index is 464. The predicted molar refractivity (Wildman–Crippen MR) is 63.6 cm³/mol. The highest BCUT2D eigenvalue weighted by atomic mass is 32.2. The van der Waals surface area contributed by atoms with Gasteiger partial charge in [0, 0.05) is 18.7 Å². The summed E-state index contributed by atoms with van der Waals surface area (Å²) in [6, 6.07) is 0. The van der Waals surface area contributed by atoms with Crippen LogP contribution in [0.3, 0.4) is 0 Å². The molecule has 17 heavy (non-hydrogen) atoms. The van der Waals surface area contributed by atoms with Gasteiger partial charge in [0.25, 0.3) is 10.0 Å². The molecule has 1 aliphatic rings. The van der Waals surface area contributed by atoms with Gasteiger partial charge < -0.3 is 5.73 Å². The minimum Gasteiger partial charge on any atom is -0.326 e. The van der Waals surface area contributed by atoms with Crippen molar-refractivity contribution in [3.8, 4) is 0 Å². The molecule has 1 aromatic rings. The van der Waals surface area contributed by atoms with Crippen molar-refractivity contribution in [1.29, 1.82) is 0 Å². The van der Waals surface area contributed by atoms with Crippen LogP contribution in [0.25, 0.3) is 0 Å². The zero-order valence-electron chi connectivity index (χ0n) is 9.65. The van der Waals surface area contributed by atoms with Gasteiger partial charge in [-0.15, -0.1) is 0 Å². The number of rotatable bonds is 6. The van der Waals surface area contributed by atoms with Crippen LogP contribution in [-0.2, 0) is 16.6 Å². The van der Waals surface area contributed by atoms with E-state index in [1.807, 2.05) is 0 Å². The van der Waals surface area contributed by atoms with Crippen LogP contribution < -0.4 is 10.5 Å². The molecule has 0 amide bonds. The molecule has 0 saturated heterocycles. The Morgan fingerprint density at radius 1 is 1.53 bits per heavy atom. The number of aromatic nitrogens is 2. The molecule has 0 radical (unpaired) electrons. The predicted octanol–water partition coefficient (Wildman–Crippen LogP) is 0.337. The lowest BCUT2D eigenvalue weighted by Gasteiger charge is -2.25. The molecule has 96 valence electrons. The van der Waals surface area contributed by atoms with E-state index in [0.29, 0.717) is 18.0 Å². The van der Waals surface area contributed by atoms with Gasteiger partial charge in [0.05, 0.1) is 6.20 Å². The molecule has 0 aromatic carbocycles. The first-order valence-electron chi connectivity index (χ1n) is 5.85. The Morgan fingerprint density at radius 2 is 2.29 bits per heavy atom. The summed E-state index contributed by atoms with van der Waals surface area (Å²) in [5.74, 6) is 0.688. The van der Waals surface area contributed by atoms with Crippen molar-refractivity contribution in [2.24, 2.45) is 11.7 Å². The molecule has 1 saturated carbocycles. The summed E-state index contributed by atoms with van der Waals surface area (Å²) in [5, 5.41) is 6.28. The van der Waals surface area contributed by atoms with Gasteiger partial charge in [-0.2, -0.15) is 5.10 Å². The quantitative estimate of drug-likeness (QED) is 0.684. The molecule has 4 N–H and O–H groups in total. The monoisotopic (exact) mass is 258 g/mol. The molecule has 1 aliphatic carbocycles. The maximum absolute atomic E-state index is 11.9. The number of H-pyrrole nitrogens is 1. The molecule has 7 heteroatoms. The summed E-state index contributed by atoms with van der Waals surface area (Å²) in [6.07, 6.45) is 6.07. The number of hydrogen-bond acceptors (Lipinski definition) is 4. The van der Waals surface area contributed by atoms with Crippen molar-refractivity contribution >= 4 is 10.0 Å². The van der Waals surface area contributed by atoms with Gasteiger partial charge in [0.2, 0.25) is 0 Å². The normalized spacial score (nSPS) is 17.0. The number of sulfonamides is 1. The van der Waals surface area contributed by atoms with Crippen LogP contribution in [-0.4, -0.2) is 25.2 Å². The van der Waals surface area contributed by atoms with E-state index in [-0.39, 0.29) is 11.6 Å². The summed E-state index contributed by atoms with van der Waals surface area (Å²) in [6.45, 7) is 0.644. The van der Waals surface area contributed by atoms with Gasteiger partial charge in [-0.1, -0.05) is 19.3 Å². The van der Waals surface area contributed by atoms with Gasteiger partial charge in [-0.3, -0.25) is 5.10 Å². The Labute approximate surface area is 101 Å². The van der Waals surface area contributed by atoms with E-state index in [1.165, 1.54) is 25.5 Å². The highest BCUT2D eigenvalue weighted by Crippen LogP contribution is 2.28. The maximum atomic E-state index is 11.9. The molecule has 0 spiro atoms. The number of nitrogens with zero attached hydrogens (tertiary/aromatic N) is 1. The first kappa shape index (κ1) is 12.5. The maximum Gasteiger partial charge on any atom is 0.257 e. The third-order valence-corrected chi connectivity index (χ3v) is 4.71. The average molecular weight is 258 g/mol. The van der Waals surface area contributed by atoms with Gasteiger partial charge in [0.15, 0.2) is 5.03 Å². The third kappa shape index (κ3) is 2.85. The van der Waals surface area contributed by atoms with Crippen molar-refractivity contribution in [3.05, 3.63) is 11.8 Å². The fourth-order valence-corrected chi connectivity index (χ4v) is 3.11. The molecule has 1 fully saturated rings.